The first-order valence-corrected chi connectivity index (χ1v) is 7.10. The summed E-state index contributed by atoms with van der Waals surface area (Å²) in [5, 5.41) is 11.3. The number of anilines is 2. The third kappa shape index (κ3) is 2.19. The van der Waals surface area contributed by atoms with E-state index in [1.807, 2.05) is 13.2 Å². The molecule has 2 N–H and O–H groups in total. The summed E-state index contributed by atoms with van der Waals surface area (Å²) in [6, 6.07) is 0. The zero-order valence-corrected chi connectivity index (χ0v) is 11.9. The maximum atomic E-state index is 5.17. The van der Waals surface area contributed by atoms with Crippen molar-refractivity contribution in [3.05, 3.63) is 11.1 Å². The van der Waals surface area contributed by atoms with Crippen LogP contribution in [-0.4, -0.2) is 49.0 Å². The maximum Gasteiger partial charge on any atom is 0.183 e. The predicted molar refractivity (Wildman–Crippen MR) is 77.0 cm³/mol. The largest absolute Gasteiger partial charge is 0.383 e. The topological polar surface area (TPSA) is 66.1 Å². The van der Waals surface area contributed by atoms with Crippen molar-refractivity contribution < 1.29 is 4.74 Å². The van der Waals surface area contributed by atoms with Crippen LogP contribution in [-0.2, 0) is 11.2 Å². The van der Waals surface area contributed by atoms with Gasteiger partial charge in [0.05, 0.1) is 24.1 Å². The lowest BCUT2D eigenvalue weighted by Crippen LogP contribution is -2.29. The van der Waals surface area contributed by atoms with Gasteiger partial charge in [0.15, 0.2) is 5.13 Å². The van der Waals surface area contributed by atoms with Gasteiger partial charge in [-0.2, -0.15) is 5.10 Å². The Labute approximate surface area is 115 Å². The molecule has 2 aromatic heterocycles. The highest BCUT2D eigenvalue weighted by Gasteiger charge is 2.24. The number of fused-ring (bicyclic) bond motifs is 3. The Balaban J connectivity index is 1.98. The Bertz CT molecular complexity index is 564. The molecule has 19 heavy (non-hydrogen) atoms. The summed E-state index contributed by atoms with van der Waals surface area (Å²) in [7, 11) is 3.63. The number of ether oxygens (including phenoxy) is 1. The van der Waals surface area contributed by atoms with Crippen LogP contribution < -0.4 is 10.2 Å². The summed E-state index contributed by atoms with van der Waals surface area (Å²) >= 11 is 1.72. The molecule has 0 amide bonds. The molecule has 0 saturated carbocycles. The van der Waals surface area contributed by atoms with E-state index >= 15 is 0 Å². The molecular weight excluding hydrogens is 262 g/mol. The summed E-state index contributed by atoms with van der Waals surface area (Å²) in [6.07, 6.45) is 2.86. The molecule has 0 aliphatic carbocycles. The lowest BCUT2D eigenvalue weighted by Gasteiger charge is -2.21. The molecule has 0 radical (unpaired) electrons. The van der Waals surface area contributed by atoms with Gasteiger partial charge in [-0.25, -0.2) is 4.98 Å². The monoisotopic (exact) mass is 279 g/mol. The van der Waals surface area contributed by atoms with E-state index in [9.17, 15) is 0 Å². The van der Waals surface area contributed by atoms with E-state index < -0.39 is 0 Å². The van der Waals surface area contributed by atoms with Crippen molar-refractivity contribution in [3.8, 4) is 11.3 Å². The van der Waals surface area contributed by atoms with Crippen molar-refractivity contribution >= 4 is 22.3 Å². The standard InChI is InChI=1S/C12H17N5OS/c1-13-12-15-10-8-7-14-16-11(8)17(5-6-18-2)4-3-9(10)19-12/h7H,3-6H2,1-2H3,(H,13,15)(H,14,16). The zero-order valence-electron chi connectivity index (χ0n) is 11.1. The molecule has 1 aliphatic heterocycles. The van der Waals surface area contributed by atoms with Crippen LogP contribution in [0.3, 0.4) is 0 Å². The molecule has 0 atom stereocenters. The Morgan fingerprint density at radius 3 is 3.26 bits per heavy atom. The van der Waals surface area contributed by atoms with Crippen molar-refractivity contribution in [3.63, 3.8) is 0 Å². The molecular formula is C12H17N5OS. The molecule has 2 aromatic rings. The molecule has 1 aliphatic rings. The summed E-state index contributed by atoms with van der Waals surface area (Å²) in [5.74, 6) is 1.05. The van der Waals surface area contributed by atoms with E-state index in [2.05, 4.69) is 25.4 Å². The number of rotatable bonds is 4. The molecule has 102 valence electrons. The normalized spacial score (nSPS) is 13.9. The minimum absolute atomic E-state index is 0.710. The Kier molecular flexibility index (Phi) is 3.39. The Morgan fingerprint density at radius 2 is 2.47 bits per heavy atom. The number of hydrogen-bond acceptors (Lipinski definition) is 6. The predicted octanol–water partition coefficient (Wildman–Crippen LogP) is 1.58. The minimum atomic E-state index is 0.710. The number of nitrogens with one attached hydrogen (secondary N) is 2. The number of hydrogen-bond donors (Lipinski definition) is 2. The maximum absolute atomic E-state index is 5.17. The van der Waals surface area contributed by atoms with Crippen LogP contribution in [0.4, 0.5) is 10.9 Å². The second-order valence-electron chi connectivity index (χ2n) is 4.40. The first-order chi connectivity index (χ1) is 9.33. The molecule has 0 aromatic carbocycles. The summed E-state index contributed by atoms with van der Waals surface area (Å²) < 4.78 is 5.17. The Morgan fingerprint density at radius 1 is 1.58 bits per heavy atom. The lowest BCUT2D eigenvalue weighted by molar-refractivity contribution is 0.205. The molecule has 3 heterocycles. The van der Waals surface area contributed by atoms with Crippen molar-refractivity contribution in [2.75, 3.05) is 44.1 Å². The van der Waals surface area contributed by atoms with Crippen molar-refractivity contribution in [2.24, 2.45) is 0 Å². The van der Waals surface area contributed by atoms with Gasteiger partial charge in [-0.3, -0.25) is 5.10 Å². The van der Waals surface area contributed by atoms with Gasteiger partial charge >= 0.3 is 0 Å². The summed E-state index contributed by atoms with van der Waals surface area (Å²) in [4.78, 5) is 8.24. The Hall–Kier alpha value is -1.60. The van der Waals surface area contributed by atoms with E-state index in [-0.39, 0.29) is 0 Å². The summed E-state index contributed by atoms with van der Waals surface area (Å²) in [5.41, 5.74) is 2.14. The third-order valence-electron chi connectivity index (χ3n) is 3.28. The molecule has 0 fully saturated rings. The number of aromatic nitrogens is 3. The molecule has 0 spiro atoms. The average molecular weight is 279 g/mol. The van der Waals surface area contributed by atoms with Gasteiger partial charge in [0, 0.05) is 38.5 Å². The van der Waals surface area contributed by atoms with Crippen LogP contribution in [0.5, 0.6) is 0 Å². The zero-order chi connectivity index (χ0) is 13.2. The van der Waals surface area contributed by atoms with E-state index in [0.717, 1.165) is 41.7 Å². The first-order valence-electron chi connectivity index (χ1n) is 6.28. The molecule has 0 unspecified atom stereocenters. The number of methoxy groups -OCH3 is 1. The van der Waals surface area contributed by atoms with Crippen molar-refractivity contribution in [1.29, 1.82) is 0 Å². The quantitative estimate of drug-likeness (QED) is 0.889. The van der Waals surface area contributed by atoms with E-state index in [1.165, 1.54) is 4.88 Å². The molecule has 3 rings (SSSR count). The van der Waals surface area contributed by atoms with Gasteiger partial charge in [-0.1, -0.05) is 0 Å². The SMILES string of the molecule is CNc1nc2c(s1)CCN(CCOC)c1[nH]ncc1-2. The van der Waals surface area contributed by atoms with Crippen molar-refractivity contribution in [2.45, 2.75) is 6.42 Å². The second-order valence-corrected chi connectivity index (χ2v) is 5.49. The van der Waals surface area contributed by atoms with Gasteiger partial charge in [0.25, 0.3) is 0 Å². The van der Waals surface area contributed by atoms with Gasteiger partial charge in [0.2, 0.25) is 0 Å². The second kappa shape index (κ2) is 5.18. The number of thiazole rings is 1. The number of H-pyrrole nitrogens is 1. The van der Waals surface area contributed by atoms with E-state index in [4.69, 9.17) is 4.74 Å². The van der Waals surface area contributed by atoms with Crippen LogP contribution >= 0.6 is 11.3 Å². The van der Waals surface area contributed by atoms with Gasteiger partial charge in [-0.15, -0.1) is 11.3 Å². The fraction of sp³-hybridized carbons (Fsp3) is 0.500. The third-order valence-corrected chi connectivity index (χ3v) is 4.41. The smallest absolute Gasteiger partial charge is 0.183 e. The molecule has 7 heteroatoms. The number of aromatic amines is 1. The van der Waals surface area contributed by atoms with Gasteiger partial charge in [0.1, 0.15) is 5.82 Å². The fourth-order valence-electron chi connectivity index (χ4n) is 2.31. The highest BCUT2D eigenvalue weighted by molar-refractivity contribution is 7.16. The first kappa shape index (κ1) is 12.4. The van der Waals surface area contributed by atoms with E-state index in [1.54, 1.807) is 18.4 Å². The van der Waals surface area contributed by atoms with E-state index in [0.29, 0.717) is 6.61 Å². The fourth-order valence-corrected chi connectivity index (χ4v) is 3.22. The molecule has 0 bridgehead atoms. The molecule has 0 saturated heterocycles. The van der Waals surface area contributed by atoms with Gasteiger partial charge in [-0.05, 0) is 0 Å². The number of nitrogens with zero attached hydrogens (tertiary/aromatic N) is 3. The van der Waals surface area contributed by atoms with Crippen LogP contribution in [0.15, 0.2) is 6.20 Å². The van der Waals surface area contributed by atoms with Crippen LogP contribution in [0, 0.1) is 0 Å². The highest BCUT2D eigenvalue weighted by atomic mass is 32.1. The average Bonchev–Trinajstić information content (AvgIpc) is 3.02. The van der Waals surface area contributed by atoms with Crippen LogP contribution in [0.2, 0.25) is 0 Å². The molecule has 6 nitrogen and oxygen atoms in total. The van der Waals surface area contributed by atoms with Crippen LogP contribution in [0.1, 0.15) is 4.88 Å². The minimum Gasteiger partial charge on any atom is -0.383 e. The van der Waals surface area contributed by atoms with Gasteiger partial charge < -0.3 is 15.0 Å². The summed E-state index contributed by atoms with van der Waals surface area (Å²) in [6.45, 7) is 2.53. The van der Waals surface area contributed by atoms with Crippen LogP contribution in [0.25, 0.3) is 11.3 Å². The van der Waals surface area contributed by atoms with Crippen molar-refractivity contribution in [1.82, 2.24) is 15.2 Å². The highest BCUT2D eigenvalue weighted by Crippen LogP contribution is 2.38. The lowest BCUT2D eigenvalue weighted by atomic mass is 10.2.